The summed E-state index contributed by atoms with van der Waals surface area (Å²) in [6, 6.07) is 3.97. The molecule has 7 nitrogen and oxygen atoms in total. The summed E-state index contributed by atoms with van der Waals surface area (Å²) in [5, 5.41) is 9.82. The molecule has 0 bridgehead atoms. The van der Waals surface area contributed by atoms with Crippen molar-refractivity contribution in [1.29, 1.82) is 0 Å². The van der Waals surface area contributed by atoms with Crippen LogP contribution in [-0.2, 0) is 36.4 Å². The summed E-state index contributed by atoms with van der Waals surface area (Å²) in [4.78, 5) is 23.7. The normalized spacial score (nSPS) is 20.3. The number of rotatable bonds is 7. The topological polar surface area (TPSA) is 101 Å². The highest BCUT2D eigenvalue weighted by molar-refractivity contribution is 7.92. The number of esters is 1. The molecule has 1 fully saturated rings. The Balaban J connectivity index is 1.76. The zero-order valence-corrected chi connectivity index (χ0v) is 21.2. The fourth-order valence-corrected chi connectivity index (χ4v) is 6.66. The fraction of sp³-hybridized carbons (Fsp3) is 0.440. The Hall–Kier alpha value is -3.20. The third kappa shape index (κ3) is 5.40. The van der Waals surface area contributed by atoms with Gasteiger partial charge in [0.1, 0.15) is 11.6 Å². The van der Waals surface area contributed by atoms with Crippen molar-refractivity contribution in [3.05, 3.63) is 59.4 Å². The number of halogens is 7. The number of sulfonamides is 1. The van der Waals surface area contributed by atoms with E-state index in [1.807, 2.05) is 0 Å². The van der Waals surface area contributed by atoms with Gasteiger partial charge in [-0.1, -0.05) is 12.1 Å². The van der Waals surface area contributed by atoms with Gasteiger partial charge in [0, 0.05) is 24.3 Å². The number of aliphatic hydroxyl groups is 1. The molecule has 1 N–H and O–H groups in total. The monoisotopic (exact) mass is 597 g/mol. The molecule has 2 atom stereocenters. The summed E-state index contributed by atoms with van der Waals surface area (Å²) < 4.78 is 127. The Kier molecular flexibility index (Phi) is 7.69. The second kappa shape index (κ2) is 10.3. The highest BCUT2D eigenvalue weighted by atomic mass is 32.2. The van der Waals surface area contributed by atoms with Crippen LogP contribution in [0.3, 0.4) is 0 Å². The minimum absolute atomic E-state index is 0.000922. The van der Waals surface area contributed by atoms with Crippen molar-refractivity contribution in [2.24, 2.45) is 5.92 Å². The van der Waals surface area contributed by atoms with Crippen molar-refractivity contribution in [3.63, 3.8) is 0 Å². The predicted molar refractivity (Wildman–Crippen MR) is 124 cm³/mol. The standard InChI is InChI=1S/C25H22F7NO6S/c26-17-3-6-20(7-4-17)40(37,38)33-18(12-19(34)9-14-10-22(35)39-13-14)5-1-15-11-16(2-8-21(15)33)23(36,24(27,28)29)25(30,31)32/h2-4,6-8,11,14,18,36H,1,5,9-10,12-13H2/t14-,18+/m1/s1. The van der Waals surface area contributed by atoms with Crippen molar-refractivity contribution >= 4 is 27.5 Å². The Morgan fingerprint density at radius 1 is 1.00 bits per heavy atom. The number of hydrogen-bond acceptors (Lipinski definition) is 6. The van der Waals surface area contributed by atoms with Crippen LogP contribution < -0.4 is 4.31 Å². The quantitative estimate of drug-likeness (QED) is 0.371. The Bertz CT molecular complexity index is 1390. The van der Waals surface area contributed by atoms with Crippen molar-refractivity contribution < 1.29 is 58.6 Å². The van der Waals surface area contributed by atoms with Crippen molar-refractivity contribution in [2.75, 3.05) is 10.9 Å². The molecule has 2 aromatic rings. The Labute approximate surface area is 223 Å². The van der Waals surface area contributed by atoms with E-state index in [9.17, 15) is 53.8 Å². The summed E-state index contributed by atoms with van der Waals surface area (Å²) >= 11 is 0. The average Bonchev–Trinajstić information content (AvgIpc) is 3.25. The van der Waals surface area contributed by atoms with E-state index in [4.69, 9.17) is 4.74 Å². The van der Waals surface area contributed by atoms with Crippen molar-refractivity contribution in [2.45, 2.75) is 61.0 Å². The second-order valence-electron chi connectivity index (χ2n) is 9.70. The summed E-state index contributed by atoms with van der Waals surface area (Å²) in [5.41, 5.74) is -7.30. The van der Waals surface area contributed by atoms with Gasteiger partial charge in [-0.3, -0.25) is 13.9 Å². The molecule has 2 aliphatic heterocycles. The lowest BCUT2D eigenvalue weighted by molar-refractivity contribution is -0.376. The Morgan fingerprint density at radius 3 is 2.17 bits per heavy atom. The minimum Gasteiger partial charge on any atom is -0.465 e. The first-order valence-corrected chi connectivity index (χ1v) is 13.4. The molecule has 0 aromatic heterocycles. The predicted octanol–water partition coefficient (Wildman–Crippen LogP) is 4.56. The maximum atomic E-state index is 13.7. The molecule has 2 heterocycles. The molecular formula is C25H22F7NO6S. The summed E-state index contributed by atoms with van der Waals surface area (Å²) in [7, 11) is -4.60. The van der Waals surface area contributed by atoms with Crippen LogP contribution in [-0.4, -0.2) is 50.3 Å². The number of carbonyl (C=O) groups is 2. The lowest BCUT2D eigenvalue weighted by Gasteiger charge is -2.39. The van der Waals surface area contributed by atoms with Gasteiger partial charge in [0.25, 0.3) is 15.6 Å². The molecule has 218 valence electrons. The molecule has 15 heteroatoms. The molecule has 0 unspecified atom stereocenters. The summed E-state index contributed by atoms with van der Waals surface area (Å²) in [5.74, 6) is -2.10. The molecule has 2 aromatic carbocycles. The summed E-state index contributed by atoms with van der Waals surface area (Å²) in [6.45, 7) is 0.0137. The van der Waals surface area contributed by atoms with Gasteiger partial charge < -0.3 is 9.84 Å². The number of alkyl halides is 6. The maximum absolute atomic E-state index is 13.7. The number of aryl methyl sites for hydroxylation is 1. The number of cyclic esters (lactones) is 1. The summed E-state index contributed by atoms with van der Waals surface area (Å²) in [6.07, 6.45) is -13.2. The zero-order valence-electron chi connectivity index (χ0n) is 20.4. The van der Waals surface area contributed by atoms with Crippen LogP contribution in [0, 0.1) is 11.7 Å². The maximum Gasteiger partial charge on any atom is 0.430 e. The van der Waals surface area contributed by atoms with E-state index in [-0.39, 0.29) is 50.0 Å². The molecule has 40 heavy (non-hydrogen) atoms. The van der Waals surface area contributed by atoms with Gasteiger partial charge in [-0.05, 0) is 48.7 Å². The van der Waals surface area contributed by atoms with Crippen molar-refractivity contribution in [1.82, 2.24) is 0 Å². The van der Waals surface area contributed by atoms with E-state index >= 15 is 0 Å². The highest BCUT2D eigenvalue weighted by Gasteiger charge is 2.71. The molecule has 0 amide bonds. The van der Waals surface area contributed by atoms with E-state index in [0.717, 1.165) is 28.6 Å². The molecule has 2 aliphatic rings. The molecular weight excluding hydrogens is 575 g/mol. The van der Waals surface area contributed by atoms with E-state index in [0.29, 0.717) is 18.2 Å². The number of ether oxygens (including phenoxy) is 1. The van der Waals surface area contributed by atoms with Crippen LogP contribution in [0.5, 0.6) is 0 Å². The van der Waals surface area contributed by atoms with Crippen LogP contribution in [0.15, 0.2) is 47.4 Å². The van der Waals surface area contributed by atoms with Gasteiger partial charge in [-0.25, -0.2) is 12.8 Å². The van der Waals surface area contributed by atoms with E-state index in [1.54, 1.807) is 0 Å². The van der Waals surface area contributed by atoms with Crippen LogP contribution in [0.4, 0.5) is 36.4 Å². The highest BCUT2D eigenvalue weighted by Crippen LogP contribution is 2.51. The molecule has 4 rings (SSSR count). The van der Waals surface area contributed by atoms with E-state index in [1.165, 1.54) is 0 Å². The van der Waals surface area contributed by atoms with Gasteiger partial charge in [0.05, 0.1) is 29.7 Å². The van der Waals surface area contributed by atoms with Crippen molar-refractivity contribution in [3.8, 4) is 0 Å². The second-order valence-corrected chi connectivity index (χ2v) is 11.5. The number of benzene rings is 2. The fourth-order valence-electron chi connectivity index (χ4n) is 4.94. The first-order chi connectivity index (χ1) is 18.4. The lowest BCUT2D eigenvalue weighted by atomic mass is 9.87. The molecule has 0 aliphatic carbocycles. The molecule has 0 radical (unpaired) electrons. The van der Waals surface area contributed by atoms with E-state index < -0.39 is 68.0 Å². The number of carbonyl (C=O) groups excluding carboxylic acids is 2. The third-order valence-electron chi connectivity index (χ3n) is 6.92. The average molecular weight is 598 g/mol. The van der Waals surface area contributed by atoms with Gasteiger partial charge in [-0.15, -0.1) is 0 Å². The lowest BCUT2D eigenvalue weighted by Crippen LogP contribution is -2.54. The zero-order chi connectivity index (χ0) is 29.7. The van der Waals surface area contributed by atoms with Crippen LogP contribution >= 0.6 is 0 Å². The van der Waals surface area contributed by atoms with Crippen LogP contribution in [0.25, 0.3) is 0 Å². The Morgan fingerprint density at radius 2 is 1.62 bits per heavy atom. The molecule has 0 saturated carbocycles. The number of anilines is 1. The molecule has 1 saturated heterocycles. The molecule has 0 spiro atoms. The third-order valence-corrected chi connectivity index (χ3v) is 8.80. The minimum atomic E-state index is -6.14. The van der Waals surface area contributed by atoms with Gasteiger partial charge in [-0.2, -0.15) is 26.3 Å². The number of fused-ring (bicyclic) bond motifs is 1. The first kappa shape index (κ1) is 29.8. The van der Waals surface area contributed by atoms with Crippen LogP contribution in [0.1, 0.15) is 36.8 Å². The number of ketones is 1. The smallest absolute Gasteiger partial charge is 0.430 e. The number of hydrogen-bond donors (Lipinski definition) is 1. The first-order valence-electron chi connectivity index (χ1n) is 11.9. The van der Waals surface area contributed by atoms with E-state index in [2.05, 4.69) is 0 Å². The van der Waals surface area contributed by atoms with Gasteiger partial charge in [0.2, 0.25) is 0 Å². The number of nitrogens with zero attached hydrogens (tertiary/aromatic N) is 1. The van der Waals surface area contributed by atoms with Crippen LogP contribution in [0.2, 0.25) is 0 Å². The van der Waals surface area contributed by atoms with Gasteiger partial charge >= 0.3 is 18.3 Å². The number of Topliss-reactive ketones (excluding diaryl/α,β-unsaturated/α-hetero) is 1. The largest absolute Gasteiger partial charge is 0.465 e. The SMILES string of the molecule is O=C(C[C@H]1COC(=O)C1)C[C@@H]1CCc2cc(C(O)(C(F)(F)F)C(F)(F)F)ccc2N1S(=O)(=O)c1ccc(F)cc1. The van der Waals surface area contributed by atoms with Gasteiger partial charge in [0.15, 0.2) is 0 Å².